The first-order valence-corrected chi connectivity index (χ1v) is 6.98. The molecule has 0 saturated heterocycles. The average molecular weight is 333 g/mol. The van der Waals surface area contributed by atoms with Gasteiger partial charge in [0.25, 0.3) is 11.7 Å². The number of halogens is 2. The van der Waals surface area contributed by atoms with Gasteiger partial charge in [-0.1, -0.05) is 23.9 Å². The van der Waals surface area contributed by atoms with E-state index in [2.05, 4.69) is 5.32 Å². The number of rotatable bonds is 8. The molecule has 9 heteroatoms. The Balaban J connectivity index is 2.86. The van der Waals surface area contributed by atoms with Crippen molar-refractivity contribution in [3.8, 4) is 0 Å². The Morgan fingerprint density at radius 2 is 1.82 bits per heavy atom. The second-order valence-corrected chi connectivity index (χ2v) is 5.20. The van der Waals surface area contributed by atoms with Crippen molar-refractivity contribution in [2.24, 2.45) is 0 Å². The maximum atomic E-state index is 12.4. The lowest BCUT2D eigenvalue weighted by Crippen LogP contribution is -2.41. The summed E-state index contributed by atoms with van der Waals surface area (Å²) in [7, 11) is 0. The van der Waals surface area contributed by atoms with Gasteiger partial charge in [-0.05, 0) is 18.6 Å². The van der Waals surface area contributed by atoms with Crippen LogP contribution < -0.4 is 5.32 Å². The first-order valence-electron chi connectivity index (χ1n) is 6.10. The van der Waals surface area contributed by atoms with Crippen LogP contribution in [0.2, 0.25) is 0 Å². The molecule has 1 amide bonds. The number of benzene rings is 1. The molecule has 1 aromatic carbocycles. The number of carbonyl (C=O) groups is 3. The first-order chi connectivity index (χ1) is 10.3. The molecule has 0 saturated carbocycles. The van der Waals surface area contributed by atoms with Gasteiger partial charge in [-0.25, -0.2) is 4.79 Å². The van der Waals surface area contributed by atoms with E-state index in [0.717, 1.165) is 0 Å². The second kappa shape index (κ2) is 8.32. The van der Waals surface area contributed by atoms with Gasteiger partial charge in [-0.3, -0.25) is 9.59 Å². The molecule has 1 aromatic rings. The molecule has 22 heavy (non-hydrogen) atoms. The molecule has 0 aliphatic rings. The van der Waals surface area contributed by atoms with Crippen molar-refractivity contribution >= 4 is 29.6 Å². The van der Waals surface area contributed by atoms with E-state index in [1.54, 1.807) is 0 Å². The molecule has 0 radical (unpaired) electrons. The minimum atomic E-state index is -2.73. The molecule has 0 fully saturated rings. The Labute approximate surface area is 128 Å². The summed E-state index contributed by atoms with van der Waals surface area (Å²) in [4.78, 5) is 33.5. The Morgan fingerprint density at radius 1 is 1.18 bits per heavy atom. The van der Waals surface area contributed by atoms with Crippen LogP contribution in [0.1, 0.15) is 23.2 Å². The second-order valence-electron chi connectivity index (χ2n) is 4.17. The number of aliphatic carboxylic acids is 2. The van der Waals surface area contributed by atoms with E-state index in [9.17, 15) is 23.2 Å². The zero-order chi connectivity index (χ0) is 16.7. The molecule has 3 N–H and O–H groups in total. The van der Waals surface area contributed by atoms with E-state index in [4.69, 9.17) is 10.2 Å². The fourth-order valence-corrected chi connectivity index (χ4v) is 2.25. The molecule has 0 aliphatic heterocycles. The molecule has 0 spiro atoms. The maximum Gasteiger partial charge on any atom is 0.326 e. The molecule has 1 rings (SSSR count). The molecular formula is C13H13F2NO5S. The van der Waals surface area contributed by atoms with E-state index < -0.39 is 36.1 Å². The number of nitrogens with one attached hydrogen (secondary N) is 1. The number of amides is 1. The Hall–Kier alpha value is -2.16. The Bertz CT molecular complexity index is 567. The average Bonchev–Trinajstić information content (AvgIpc) is 2.42. The fourth-order valence-electron chi connectivity index (χ4n) is 1.61. The number of hydrogen-bond donors (Lipinski definition) is 3. The number of carboxylic acid groups (broad SMARTS) is 2. The molecular weight excluding hydrogens is 320 g/mol. The van der Waals surface area contributed by atoms with Crippen LogP contribution in [0.25, 0.3) is 0 Å². The molecule has 0 bridgehead atoms. The van der Waals surface area contributed by atoms with E-state index in [1.165, 1.54) is 24.3 Å². The number of carboxylic acids is 2. The van der Waals surface area contributed by atoms with Gasteiger partial charge in [-0.15, -0.1) is 0 Å². The maximum absolute atomic E-state index is 12.4. The highest BCUT2D eigenvalue weighted by atomic mass is 32.2. The van der Waals surface area contributed by atoms with Gasteiger partial charge in [-0.2, -0.15) is 8.78 Å². The highest BCUT2D eigenvalue weighted by Crippen LogP contribution is 2.28. The molecule has 0 aliphatic carbocycles. The predicted molar refractivity (Wildman–Crippen MR) is 74.1 cm³/mol. The van der Waals surface area contributed by atoms with Crippen molar-refractivity contribution < 1.29 is 33.4 Å². The van der Waals surface area contributed by atoms with Crippen LogP contribution in [0, 0.1) is 0 Å². The minimum absolute atomic E-state index is 0.0115. The first kappa shape index (κ1) is 17.9. The summed E-state index contributed by atoms with van der Waals surface area (Å²) in [5.74, 6) is -6.17. The van der Waals surface area contributed by atoms with Crippen LogP contribution in [0.4, 0.5) is 8.78 Å². The van der Waals surface area contributed by atoms with Crippen molar-refractivity contribution in [1.29, 1.82) is 0 Å². The number of thioether (sulfide) groups is 1. The van der Waals surface area contributed by atoms with Crippen LogP contribution in [0.5, 0.6) is 0 Å². The summed E-state index contributed by atoms with van der Waals surface area (Å²) in [5.41, 5.74) is -0.0885. The van der Waals surface area contributed by atoms with Gasteiger partial charge in [0, 0.05) is 11.3 Å². The lowest BCUT2D eigenvalue weighted by molar-refractivity contribution is -0.140. The third-order valence-electron chi connectivity index (χ3n) is 2.60. The van der Waals surface area contributed by atoms with Gasteiger partial charge < -0.3 is 15.5 Å². The van der Waals surface area contributed by atoms with Crippen LogP contribution in [0.3, 0.4) is 0 Å². The van der Waals surface area contributed by atoms with Gasteiger partial charge in [0.2, 0.25) is 0 Å². The van der Waals surface area contributed by atoms with Crippen molar-refractivity contribution in [2.45, 2.75) is 29.5 Å². The number of hydrogen-bond acceptors (Lipinski definition) is 4. The van der Waals surface area contributed by atoms with E-state index >= 15 is 0 Å². The zero-order valence-corrected chi connectivity index (χ0v) is 12.0. The van der Waals surface area contributed by atoms with Crippen LogP contribution in [-0.2, 0) is 9.59 Å². The molecule has 0 aromatic heterocycles. The largest absolute Gasteiger partial charge is 0.481 e. The summed E-state index contributed by atoms with van der Waals surface area (Å²) in [6, 6.07) is 4.13. The molecule has 6 nitrogen and oxygen atoms in total. The lowest BCUT2D eigenvalue weighted by atomic mass is 10.1. The smallest absolute Gasteiger partial charge is 0.326 e. The molecule has 120 valence electrons. The number of alkyl halides is 2. The highest BCUT2D eigenvalue weighted by Gasteiger charge is 2.23. The SMILES string of the molecule is O=C(O)CC[C@H](NC(=O)c1ccccc1SC(F)F)C(=O)O. The predicted octanol–water partition coefficient (Wildman–Crippen LogP) is 2.05. The fraction of sp³-hybridized carbons (Fsp3) is 0.308. The van der Waals surface area contributed by atoms with Gasteiger partial charge in [0.1, 0.15) is 6.04 Å². The standard InChI is InChI=1S/C13H13F2NO5S/c14-13(15)22-9-4-2-1-3-7(9)11(19)16-8(12(20)21)5-6-10(17)18/h1-4,8,13H,5-6H2,(H,16,19)(H,17,18)(H,20,21)/t8-/m0/s1. The topological polar surface area (TPSA) is 104 Å². The number of carbonyl (C=O) groups excluding carboxylic acids is 1. The zero-order valence-electron chi connectivity index (χ0n) is 11.2. The van der Waals surface area contributed by atoms with Gasteiger partial charge in [0.05, 0.1) is 5.56 Å². The molecule has 1 atom stereocenters. The Morgan fingerprint density at radius 3 is 2.36 bits per heavy atom. The van der Waals surface area contributed by atoms with Crippen LogP contribution in [-0.4, -0.2) is 39.9 Å². The minimum Gasteiger partial charge on any atom is -0.481 e. The van der Waals surface area contributed by atoms with Crippen molar-refractivity contribution in [1.82, 2.24) is 5.32 Å². The third kappa shape index (κ3) is 5.68. The van der Waals surface area contributed by atoms with E-state index in [0.29, 0.717) is 0 Å². The summed E-state index contributed by atoms with van der Waals surface area (Å²) >= 11 is 0.171. The summed E-state index contributed by atoms with van der Waals surface area (Å²) in [6.07, 6.45) is -0.745. The van der Waals surface area contributed by atoms with Crippen molar-refractivity contribution in [2.75, 3.05) is 0 Å². The summed E-state index contributed by atoms with van der Waals surface area (Å²) in [6.45, 7) is 0. The van der Waals surface area contributed by atoms with Crippen molar-refractivity contribution in [3.05, 3.63) is 29.8 Å². The van der Waals surface area contributed by atoms with Crippen molar-refractivity contribution in [3.63, 3.8) is 0 Å². The quantitative estimate of drug-likeness (QED) is 0.629. The summed E-state index contributed by atoms with van der Waals surface area (Å²) < 4.78 is 24.9. The summed E-state index contributed by atoms with van der Waals surface area (Å²) in [5, 5.41) is 19.7. The normalized spacial score (nSPS) is 12.0. The van der Waals surface area contributed by atoms with Gasteiger partial charge >= 0.3 is 11.9 Å². The van der Waals surface area contributed by atoms with E-state index in [-0.39, 0.29) is 28.6 Å². The lowest BCUT2D eigenvalue weighted by Gasteiger charge is -2.15. The van der Waals surface area contributed by atoms with Gasteiger partial charge in [0.15, 0.2) is 0 Å². The highest BCUT2D eigenvalue weighted by molar-refractivity contribution is 7.99. The van der Waals surface area contributed by atoms with Crippen LogP contribution in [0.15, 0.2) is 29.2 Å². The molecule has 0 heterocycles. The monoisotopic (exact) mass is 333 g/mol. The van der Waals surface area contributed by atoms with Crippen LogP contribution >= 0.6 is 11.8 Å². The van der Waals surface area contributed by atoms with E-state index in [1.807, 2.05) is 0 Å². The third-order valence-corrected chi connectivity index (χ3v) is 3.39. The molecule has 0 unspecified atom stereocenters. The Kier molecular flexibility index (Phi) is 6.77.